The van der Waals surface area contributed by atoms with Crippen molar-refractivity contribution in [2.75, 3.05) is 24.7 Å². The molecule has 2 saturated heterocycles. The van der Waals surface area contributed by atoms with Gasteiger partial charge in [-0.1, -0.05) is 20.8 Å². The molecule has 1 atom stereocenters. The van der Waals surface area contributed by atoms with Crippen LogP contribution in [0.1, 0.15) is 68.1 Å². The summed E-state index contributed by atoms with van der Waals surface area (Å²) in [6.45, 7) is 7.75. The molecule has 2 fully saturated rings. The van der Waals surface area contributed by atoms with Gasteiger partial charge in [0.15, 0.2) is 5.49 Å². The maximum Gasteiger partial charge on any atom is 0.416 e. The molecule has 37 heavy (non-hydrogen) atoms. The summed E-state index contributed by atoms with van der Waals surface area (Å²) in [5.74, 6) is 1.78. The lowest BCUT2D eigenvalue weighted by atomic mass is 9.92. The predicted octanol–water partition coefficient (Wildman–Crippen LogP) is 5.59. The monoisotopic (exact) mass is 539 g/mol. The molecule has 1 amide bonds. The maximum absolute atomic E-state index is 13.5. The van der Waals surface area contributed by atoms with E-state index in [0.717, 1.165) is 55.0 Å². The number of alkyl halides is 3. The third-order valence-electron chi connectivity index (χ3n) is 6.98. The summed E-state index contributed by atoms with van der Waals surface area (Å²) in [5, 5.41) is 0. The summed E-state index contributed by atoms with van der Waals surface area (Å²) in [5.41, 5.74) is 0.0355. The summed E-state index contributed by atoms with van der Waals surface area (Å²) >= 11 is 1.89. The number of hydrogen-bond acceptors (Lipinski definition) is 4. The van der Waals surface area contributed by atoms with E-state index in [2.05, 4.69) is 25.8 Å². The number of ether oxygens (including phenoxy) is 2. The molecule has 204 valence electrons. The Hall–Kier alpha value is -2.20. The summed E-state index contributed by atoms with van der Waals surface area (Å²) in [4.78, 5) is 17.8. The van der Waals surface area contributed by atoms with Crippen molar-refractivity contribution in [3.8, 4) is 5.75 Å². The highest BCUT2D eigenvalue weighted by Crippen LogP contribution is 2.34. The Morgan fingerprint density at radius 3 is 2.51 bits per heavy atom. The Morgan fingerprint density at radius 1 is 1.16 bits per heavy atom. The number of thioether (sulfide) groups is 1. The second kappa shape index (κ2) is 11.3. The third-order valence-corrected chi connectivity index (χ3v) is 8.03. The quantitative estimate of drug-likeness (QED) is 0.481. The molecule has 2 aliphatic rings. The fourth-order valence-corrected chi connectivity index (χ4v) is 6.05. The molecule has 3 heterocycles. The molecule has 0 unspecified atom stereocenters. The van der Waals surface area contributed by atoms with E-state index in [0.29, 0.717) is 31.2 Å². The molecule has 0 radical (unpaired) electrons. The largest absolute Gasteiger partial charge is 0.492 e. The van der Waals surface area contributed by atoms with Gasteiger partial charge in [0, 0.05) is 30.8 Å². The second-order valence-corrected chi connectivity index (χ2v) is 12.1. The molecule has 10 heteroatoms. The number of amides is 1. The first-order valence-electron chi connectivity index (χ1n) is 12.8. The fraction of sp³-hybridized carbons (Fsp3) is 0.630. The minimum absolute atomic E-state index is 0.00317. The zero-order valence-electron chi connectivity index (χ0n) is 21.9. The second-order valence-electron chi connectivity index (χ2n) is 10.9. The SMILES string of the molecule is Cn1c(C(C)(C)C)cc(=NC(=O)c2cc(C(F)(F)F)ccc2OCC2CCSCC2)n1C[C@H]1CCCO1. The average Bonchev–Trinajstić information content (AvgIpc) is 3.46. The van der Waals surface area contributed by atoms with Gasteiger partial charge in [0.05, 0.1) is 30.4 Å². The van der Waals surface area contributed by atoms with Crippen LogP contribution in [0.2, 0.25) is 0 Å². The van der Waals surface area contributed by atoms with Gasteiger partial charge < -0.3 is 9.47 Å². The van der Waals surface area contributed by atoms with Gasteiger partial charge in [0.2, 0.25) is 0 Å². The first-order valence-corrected chi connectivity index (χ1v) is 14.0. The molecule has 0 saturated carbocycles. The lowest BCUT2D eigenvalue weighted by molar-refractivity contribution is -0.137. The van der Waals surface area contributed by atoms with E-state index < -0.39 is 17.6 Å². The van der Waals surface area contributed by atoms with E-state index in [4.69, 9.17) is 9.47 Å². The van der Waals surface area contributed by atoms with Crippen molar-refractivity contribution in [3.63, 3.8) is 0 Å². The Labute approximate surface area is 220 Å². The number of hydrogen-bond donors (Lipinski definition) is 0. The number of nitrogens with zero attached hydrogens (tertiary/aromatic N) is 3. The minimum atomic E-state index is -4.58. The molecule has 4 rings (SSSR count). The lowest BCUT2D eigenvalue weighted by Gasteiger charge is -2.22. The van der Waals surface area contributed by atoms with Crippen LogP contribution >= 0.6 is 11.8 Å². The molecule has 0 spiro atoms. The van der Waals surface area contributed by atoms with Gasteiger partial charge in [0.1, 0.15) is 5.75 Å². The van der Waals surface area contributed by atoms with Crippen molar-refractivity contribution >= 4 is 17.7 Å². The highest BCUT2D eigenvalue weighted by atomic mass is 32.2. The number of carbonyl (C=O) groups is 1. The number of carbonyl (C=O) groups excluding carboxylic acids is 1. The molecule has 1 aromatic heterocycles. The number of aromatic nitrogens is 2. The number of halogens is 3. The highest BCUT2D eigenvalue weighted by molar-refractivity contribution is 7.99. The van der Waals surface area contributed by atoms with Gasteiger partial charge in [-0.05, 0) is 61.3 Å². The maximum atomic E-state index is 13.5. The van der Waals surface area contributed by atoms with Gasteiger partial charge >= 0.3 is 6.18 Å². The molecule has 0 aliphatic carbocycles. The molecule has 6 nitrogen and oxygen atoms in total. The van der Waals surface area contributed by atoms with Crippen molar-refractivity contribution in [3.05, 3.63) is 46.6 Å². The Balaban J connectivity index is 1.72. The molecular formula is C27H36F3N3O3S. The minimum Gasteiger partial charge on any atom is -0.492 e. The first-order chi connectivity index (χ1) is 17.4. The van der Waals surface area contributed by atoms with E-state index in [-0.39, 0.29) is 22.8 Å². The summed E-state index contributed by atoms with van der Waals surface area (Å²) in [6, 6.07) is 4.90. The molecule has 0 bridgehead atoms. The Bertz CT molecular complexity index is 1170. The van der Waals surface area contributed by atoms with Crippen LogP contribution in [0.3, 0.4) is 0 Å². The van der Waals surface area contributed by atoms with Crippen molar-refractivity contribution in [2.24, 2.45) is 18.0 Å². The fourth-order valence-electron chi connectivity index (χ4n) is 4.85. The van der Waals surface area contributed by atoms with Gasteiger partial charge in [-0.2, -0.15) is 29.9 Å². The topological polar surface area (TPSA) is 57.8 Å². The summed E-state index contributed by atoms with van der Waals surface area (Å²) in [7, 11) is 1.90. The van der Waals surface area contributed by atoms with Gasteiger partial charge in [-0.15, -0.1) is 0 Å². The van der Waals surface area contributed by atoms with Crippen LogP contribution in [0.15, 0.2) is 29.3 Å². The van der Waals surface area contributed by atoms with Crippen molar-refractivity contribution < 1.29 is 27.4 Å². The van der Waals surface area contributed by atoms with Crippen LogP contribution in [-0.2, 0) is 29.9 Å². The van der Waals surface area contributed by atoms with Crippen LogP contribution in [0.4, 0.5) is 13.2 Å². The van der Waals surface area contributed by atoms with Crippen molar-refractivity contribution in [1.29, 1.82) is 0 Å². The standard InChI is InChI=1S/C27H36F3N3O3S/c1-26(2,3)23-15-24(33(32(23)4)16-20-6-5-11-35-20)31-25(34)21-14-19(27(28,29)30)7-8-22(21)36-17-18-9-12-37-13-10-18/h7-8,14-15,18,20H,5-6,9-13,16-17H2,1-4H3/t20-/m1/s1. The summed E-state index contributed by atoms with van der Waals surface area (Å²) in [6.07, 6.45) is -0.736. The Kier molecular flexibility index (Phi) is 8.48. The van der Waals surface area contributed by atoms with Crippen LogP contribution in [0, 0.1) is 5.92 Å². The first kappa shape index (κ1) is 27.8. The third kappa shape index (κ3) is 6.82. The van der Waals surface area contributed by atoms with Crippen LogP contribution in [0.25, 0.3) is 0 Å². The number of benzene rings is 1. The molecule has 2 aromatic rings. The zero-order valence-corrected chi connectivity index (χ0v) is 22.8. The predicted molar refractivity (Wildman–Crippen MR) is 138 cm³/mol. The van der Waals surface area contributed by atoms with E-state index in [1.165, 1.54) is 6.07 Å². The summed E-state index contributed by atoms with van der Waals surface area (Å²) < 4.78 is 56.2. The van der Waals surface area contributed by atoms with Crippen LogP contribution in [0.5, 0.6) is 5.75 Å². The average molecular weight is 540 g/mol. The molecule has 1 aromatic carbocycles. The van der Waals surface area contributed by atoms with Gasteiger partial charge in [-0.3, -0.25) is 14.2 Å². The smallest absolute Gasteiger partial charge is 0.416 e. The normalized spacial score (nSPS) is 20.0. The zero-order chi connectivity index (χ0) is 26.8. The molecular weight excluding hydrogens is 503 g/mol. The van der Waals surface area contributed by atoms with Gasteiger partial charge in [-0.25, -0.2) is 0 Å². The Morgan fingerprint density at radius 2 is 1.89 bits per heavy atom. The van der Waals surface area contributed by atoms with E-state index >= 15 is 0 Å². The van der Waals surface area contributed by atoms with E-state index in [1.54, 1.807) is 0 Å². The van der Waals surface area contributed by atoms with E-state index in [9.17, 15) is 18.0 Å². The van der Waals surface area contributed by atoms with Crippen molar-refractivity contribution in [1.82, 2.24) is 9.36 Å². The lowest BCUT2D eigenvalue weighted by Crippen LogP contribution is -2.30. The number of rotatable bonds is 6. The van der Waals surface area contributed by atoms with Crippen LogP contribution in [-0.4, -0.2) is 46.1 Å². The molecule has 0 N–H and O–H groups in total. The van der Waals surface area contributed by atoms with Crippen molar-refractivity contribution in [2.45, 2.75) is 70.7 Å². The van der Waals surface area contributed by atoms with Crippen LogP contribution < -0.4 is 10.2 Å². The van der Waals surface area contributed by atoms with E-state index in [1.807, 2.05) is 34.2 Å². The van der Waals surface area contributed by atoms with Gasteiger partial charge in [0.25, 0.3) is 5.91 Å². The highest BCUT2D eigenvalue weighted by Gasteiger charge is 2.32. The molecule has 2 aliphatic heterocycles.